The molecular weight excluding hydrogens is 292 g/mol. The molecule has 0 saturated carbocycles. The molecule has 7 heteroatoms. The van der Waals surface area contributed by atoms with Gasteiger partial charge in [-0.1, -0.05) is 24.4 Å². The molecule has 0 aliphatic rings. The van der Waals surface area contributed by atoms with Gasteiger partial charge in [-0.25, -0.2) is 0 Å². The van der Waals surface area contributed by atoms with Crippen LogP contribution in [0.3, 0.4) is 0 Å². The van der Waals surface area contributed by atoms with Crippen molar-refractivity contribution in [1.29, 1.82) is 0 Å². The second kappa shape index (κ2) is 9.64. The molecule has 0 bridgehead atoms. The molecule has 6 nitrogen and oxygen atoms in total. The zero-order chi connectivity index (χ0) is 15.7. The Kier molecular flexibility index (Phi) is 8.17. The van der Waals surface area contributed by atoms with Crippen LogP contribution in [0.25, 0.3) is 0 Å². The van der Waals surface area contributed by atoms with E-state index in [9.17, 15) is 5.11 Å². The number of aliphatic hydroxyl groups is 3. The van der Waals surface area contributed by atoms with E-state index in [1.54, 1.807) is 29.2 Å². The molecule has 1 atom stereocenters. The maximum atomic E-state index is 9.93. The summed E-state index contributed by atoms with van der Waals surface area (Å²) in [6, 6.07) is 7.04. The maximum absolute atomic E-state index is 9.93. The van der Waals surface area contributed by atoms with Gasteiger partial charge in [0.1, 0.15) is 23.4 Å². The lowest BCUT2D eigenvalue weighted by atomic mass is 10.2. The van der Waals surface area contributed by atoms with E-state index in [4.69, 9.17) is 32.9 Å². The van der Waals surface area contributed by atoms with Gasteiger partial charge in [0, 0.05) is 25.2 Å². The fourth-order valence-corrected chi connectivity index (χ4v) is 1.99. The van der Waals surface area contributed by atoms with Crippen LogP contribution in [0, 0.1) is 0 Å². The van der Waals surface area contributed by atoms with Crippen molar-refractivity contribution >= 4 is 17.2 Å². The third kappa shape index (κ3) is 6.83. The fraction of sp³-hybridized carbons (Fsp3) is 0.500. The standard InChI is InChI=1S/C14H22N2O4S/c15-14(21)11-2-1-3-13(8-11)20-10-12(19)9-16(4-6-17)5-7-18/h1-3,8,12,17-19H,4-7,9-10H2,(H2,15,21). The van der Waals surface area contributed by atoms with Crippen molar-refractivity contribution in [2.24, 2.45) is 5.73 Å². The molecule has 5 N–H and O–H groups in total. The summed E-state index contributed by atoms with van der Waals surface area (Å²) in [5.41, 5.74) is 6.25. The number of benzene rings is 1. The van der Waals surface area contributed by atoms with Crippen LogP contribution in [0.2, 0.25) is 0 Å². The molecule has 0 spiro atoms. The lowest BCUT2D eigenvalue weighted by Crippen LogP contribution is -2.38. The van der Waals surface area contributed by atoms with E-state index < -0.39 is 6.10 Å². The lowest BCUT2D eigenvalue weighted by Gasteiger charge is -2.23. The zero-order valence-electron chi connectivity index (χ0n) is 11.8. The van der Waals surface area contributed by atoms with Gasteiger partial charge in [0.05, 0.1) is 13.2 Å². The molecule has 118 valence electrons. The van der Waals surface area contributed by atoms with E-state index in [-0.39, 0.29) is 24.8 Å². The SMILES string of the molecule is NC(=S)c1cccc(OCC(O)CN(CCO)CCO)c1. The lowest BCUT2D eigenvalue weighted by molar-refractivity contribution is 0.0552. The largest absolute Gasteiger partial charge is 0.491 e. The molecule has 1 rings (SSSR count). The Balaban J connectivity index is 2.46. The molecule has 1 aromatic carbocycles. The molecule has 0 saturated heterocycles. The highest BCUT2D eigenvalue weighted by molar-refractivity contribution is 7.80. The molecule has 0 heterocycles. The first-order valence-corrected chi connectivity index (χ1v) is 7.12. The number of thiocarbonyl (C=S) groups is 1. The normalized spacial score (nSPS) is 12.4. The first kappa shape index (κ1) is 17.8. The molecule has 0 aliphatic carbocycles. The third-order valence-electron chi connectivity index (χ3n) is 2.86. The number of aliphatic hydroxyl groups excluding tert-OH is 3. The Morgan fingerprint density at radius 2 is 1.95 bits per heavy atom. The Morgan fingerprint density at radius 3 is 2.52 bits per heavy atom. The van der Waals surface area contributed by atoms with Crippen molar-refractivity contribution in [1.82, 2.24) is 4.90 Å². The topological polar surface area (TPSA) is 99.2 Å². The highest BCUT2D eigenvalue weighted by atomic mass is 32.1. The van der Waals surface area contributed by atoms with Gasteiger partial charge in [-0.15, -0.1) is 0 Å². The summed E-state index contributed by atoms with van der Waals surface area (Å²) in [5.74, 6) is 0.579. The molecule has 1 unspecified atom stereocenters. The average Bonchev–Trinajstić information content (AvgIpc) is 2.46. The Hall–Kier alpha value is -1.25. The number of hydrogen-bond donors (Lipinski definition) is 4. The smallest absolute Gasteiger partial charge is 0.120 e. The molecule has 0 aromatic heterocycles. The van der Waals surface area contributed by atoms with Crippen LogP contribution in [0.1, 0.15) is 5.56 Å². The monoisotopic (exact) mass is 314 g/mol. The highest BCUT2D eigenvalue weighted by Crippen LogP contribution is 2.13. The quantitative estimate of drug-likeness (QED) is 0.426. The van der Waals surface area contributed by atoms with Crippen LogP contribution in [0.4, 0.5) is 0 Å². The van der Waals surface area contributed by atoms with E-state index in [0.717, 1.165) is 0 Å². The predicted molar refractivity (Wildman–Crippen MR) is 84.4 cm³/mol. The van der Waals surface area contributed by atoms with Gasteiger partial charge in [-0.3, -0.25) is 4.90 Å². The van der Waals surface area contributed by atoms with Crippen LogP contribution in [-0.4, -0.2) is 70.8 Å². The van der Waals surface area contributed by atoms with E-state index in [0.29, 0.717) is 30.9 Å². The van der Waals surface area contributed by atoms with Crippen LogP contribution in [-0.2, 0) is 0 Å². The number of rotatable bonds is 10. The van der Waals surface area contributed by atoms with Gasteiger partial charge in [0.15, 0.2) is 0 Å². The number of ether oxygens (including phenoxy) is 1. The number of hydrogen-bond acceptors (Lipinski definition) is 6. The second-order valence-electron chi connectivity index (χ2n) is 4.60. The molecule has 1 aromatic rings. The van der Waals surface area contributed by atoms with Crippen LogP contribution < -0.4 is 10.5 Å². The van der Waals surface area contributed by atoms with Gasteiger partial charge in [-0.2, -0.15) is 0 Å². The summed E-state index contributed by atoms with van der Waals surface area (Å²) in [7, 11) is 0. The van der Waals surface area contributed by atoms with Crippen molar-refractivity contribution in [2.75, 3.05) is 39.5 Å². The first-order chi connectivity index (χ1) is 10.1. The van der Waals surface area contributed by atoms with E-state index in [1.165, 1.54) is 0 Å². The number of nitrogens with two attached hydrogens (primary N) is 1. The molecular formula is C14H22N2O4S. The van der Waals surface area contributed by atoms with Gasteiger partial charge >= 0.3 is 0 Å². The zero-order valence-corrected chi connectivity index (χ0v) is 12.6. The van der Waals surface area contributed by atoms with Gasteiger partial charge in [0.2, 0.25) is 0 Å². The highest BCUT2D eigenvalue weighted by Gasteiger charge is 2.12. The van der Waals surface area contributed by atoms with Gasteiger partial charge in [-0.05, 0) is 12.1 Å². The van der Waals surface area contributed by atoms with Crippen molar-refractivity contribution in [2.45, 2.75) is 6.10 Å². The van der Waals surface area contributed by atoms with Crippen LogP contribution >= 0.6 is 12.2 Å². The summed E-state index contributed by atoms with van der Waals surface area (Å²) in [6.07, 6.45) is -0.725. The second-order valence-corrected chi connectivity index (χ2v) is 5.04. The van der Waals surface area contributed by atoms with Crippen molar-refractivity contribution in [3.05, 3.63) is 29.8 Å². The van der Waals surface area contributed by atoms with E-state index in [2.05, 4.69) is 0 Å². The van der Waals surface area contributed by atoms with Gasteiger partial charge in [0.25, 0.3) is 0 Å². The molecule has 0 amide bonds. The summed E-state index contributed by atoms with van der Waals surface area (Å²) in [5, 5.41) is 27.7. The van der Waals surface area contributed by atoms with Crippen LogP contribution in [0.5, 0.6) is 5.75 Å². The molecule has 0 fully saturated rings. The predicted octanol–water partition coefficient (Wildman–Crippen LogP) is -0.653. The van der Waals surface area contributed by atoms with Crippen LogP contribution in [0.15, 0.2) is 24.3 Å². The van der Waals surface area contributed by atoms with Gasteiger partial charge < -0.3 is 25.8 Å². The minimum atomic E-state index is -0.725. The Labute approximate surface area is 129 Å². The molecule has 21 heavy (non-hydrogen) atoms. The van der Waals surface area contributed by atoms with E-state index >= 15 is 0 Å². The average molecular weight is 314 g/mol. The third-order valence-corrected chi connectivity index (χ3v) is 3.10. The van der Waals surface area contributed by atoms with Crippen molar-refractivity contribution in [3.63, 3.8) is 0 Å². The fourth-order valence-electron chi connectivity index (χ4n) is 1.86. The van der Waals surface area contributed by atoms with E-state index in [1.807, 2.05) is 0 Å². The Morgan fingerprint density at radius 1 is 1.29 bits per heavy atom. The summed E-state index contributed by atoms with van der Waals surface area (Å²) < 4.78 is 5.50. The summed E-state index contributed by atoms with van der Waals surface area (Å²) >= 11 is 4.89. The Bertz CT molecular complexity index is 439. The summed E-state index contributed by atoms with van der Waals surface area (Å²) in [6.45, 7) is 1.17. The first-order valence-electron chi connectivity index (χ1n) is 6.71. The van der Waals surface area contributed by atoms with Crippen molar-refractivity contribution < 1.29 is 20.1 Å². The minimum absolute atomic E-state index is 0.0242. The molecule has 0 aliphatic heterocycles. The summed E-state index contributed by atoms with van der Waals surface area (Å²) in [4.78, 5) is 2.05. The molecule has 0 radical (unpaired) electrons. The van der Waals surface area contributed by atoms with Crippen molar-refractivity contribution in [3.8, 4) is 5.75 Å². The maximum Gasteiger partial charge on any atom is 0.120 e. The minimum Gasteiger partial charge on any atom is -0.491 e. The number of nitrogens with zero attached hydrogens (tertiary/aromatic N) is 1.